The average Bonchev–Trinajstić information content (AvgIpc) is 3.11. The number of ether oxygens (including phenoxy) is 1. The van der Waals surface area contributed by atoms with E-state index in [1.165, 1.54) is 12.8 Å². The number of aromatic nitrogens is 1. The van der Waals surface area contributed by atoms with Gasteiger partial charge in [-0.1, -0.05) is 32.0 Å². The van der Waals surface area contributed by atoms with Crippen molar-refractivity contribution in [3.63, 3.8) is 0 Å². The van der Waals surface area contributed by atoms with Gasteiger partial charge in [-0.15, -0.1) is 23.8 Å². The zero-order valence-electron chi connectivity index (χ0n) is 16.9. The fourth-order valence-electron chi connectivity index (χ4n) is 4.15. The van der Waals surface area contributed by atoms with Crippen LogP contribution >= 0.6 is 11.8 Å². The van der Waals surface area contributed by atoms with Gasteiger partial charge in [-0.3, -0.25) is 0 Å². The maximum absolute atomic E-state index is 10.0. The molecule has 0 radical (unpaired) electrons. The Bertz CT molecular complexity index is 1120. The van der Waals surface area contributed by atoms with Gasteiger partial charge in [0.15, 0.2) is 0 Å². The number of phenols is 1. The number of phenolic OH excluding ortho intramolecular Hbond substituents is 1. The Morgan fingerprint density at radius 3 is 2.83 bits per heavy atom. The topological polar surface area (TPSA) is 54.7 Å². The van der Waals surface area contributed by atoms with Crippen molar-refractivity contribution in [3.05, 3.63) is 60.2 Å². The van der Waals surface area contributed by atoms with E-state index in [9.17, 15) is 5.11 Å². The minimum Gasteiger partial charge on any atom is -0.506 e. The molecule has 1 aliphatic heterocycles. The molecule has 1 aliphatic carbocycles. The first-order chi connectivity index (χ1) is 14.0. The number of thioether (sulfide) groups is 1. The molecule has 1 fully saturated rings. The van der Waals surface area contributed by atoms with E-state index in [-0.39, 0.29) is 26.8 Å². The van der Waals surface area contributed by atoms with Crippen molar-refractivity contribution >= 4 is 27.7 Å². The van der Waals surface area contributed by atoms with Crippen LogP contribution in [0.15, 0.2) is 53.5 Å². The van der Waals surface area contributed by atoms with Gasteiger partial charge in [0.2, 0.25) is 5.88 Å². The molecule has 30 heavy (non-hydrogen) atoms. The quantitative estimate of drug-likeness (QED) is 0.378. The van der Waals surface area contributed by atoms with Crippen LogP contribution in [-0.4, -0.2) is 26.4 Å². The van der Waals surface area contributed by atoms with Gasteiger partial charge in [0.25, 0.3) is 0 Å². The zero-order valence-corrected chi connectivity index (χ0v) is 20.0. The third kappa shape index (κ3) is 4.29. The Morgan fingerprint density at radius 1 is 1.13 bits per heavy atom. The maximum atomic E-state index is 10.0. The summed E-state index contributed by atoms with van der Waals surface area (Å²) in [7, 11) is 0. The molecule has 0 saturated heterocycles. The van der Waals surface area contributed by atoms with E-state index in [4.69, 9.17) is 9.73 Å². The number of nitrogens with zero attached hydrogens (tertiary/aromatic N) is 2. The van der Waals surface area contributed by atoms with Crippen molar-refractivity contribution in [2.45, 2.75) is 44.4 Å². The second-order valence-corrected chi connectivity index (χ2v) is 9.82. The van der Waals surface area contributed by atoms with Crippen LogP contribution < -0.4 is 4.74 Å². The fourth-order valence-corrected chi connectivity index (χ4v) is 5.77. The molecule has 2 aromatic carbocycles. The number of para-hydroxylation sites is 1. The van der Waals surface area contributed by atoms with Crippen LogP contribution in [0.5, 0.6) is 17.4 Å². The average molecular weight is 599 g/mol. The van der Waals surface area contributed by atoms with Crippen molar-refractivity contribution in [2.24, 2.45) is 10.4 Å². The fraction of sp³-hybridized carbons (Fsp3) is 0.333. The van der Waals surface area contributed by atoms with Crippen LogP contribution in [0.25, 0.3) is 10.9 Å². The van der Waals surface area contributed by atoms with Gasteiger partial charge in [-0.25, -0.2) is 4.98 Å². The van der Waals surface area contributed by atoms with Crippen molar-refractivity contribution < 1.29 is 30.9 Å². The molecular formula is C24H23N2O2PtS-. The van der Waals surface area contributed by atoms with Gasteiger partial charge >= 0.3 is 0 Å². The standard InChI is InChI=1S/C24H23N2O2S.Pt/c1-24(2)12-11-18-20(14-24)29-23(25-18)16-6-3-7-17(13-16)28-21-10-9-15-5-4-8-19(27)22(15)26-21;/h3-10,18,20,27H,11-12,14H2,1-2H3;/q-1;/t18-,20-;/m0./s1. The van der Waals surface area contributed by atoms with Crippen molar-refractivity contribution in [1.29, 1.82) is 0 Å². The van der Waals surface area contributed by atoms with Crippen LogP contribution in [0.3, 0.4) is 0 Å². The Kier molecular flexibility index (Phi) is 5.96. The van der Waals surface area contributed by atoms with Gasteiger partial charge in [0, 0.05) is 48.6 Å². The van der Waals surface area contributed by atoms with E-state index in [1.807, 2.05) is 42.1 Å². The SMILES string of the molecule is CC1(C)CC[C@@H]2N=C(c3[c-]c(Oc4ccc5cccc(O)c5n4)ccc3)S[C@H]2C1.[Pt]. The van der Waals surface area contributed by atoms with Gasteiger partial charge in [0.05, 0.1) is 6.04 Å². The van der Waals surface area contributed by atoms with E-state index >= 15 is 0 Å². The number of fused-ring (bicyclic) bond motifs is 2. The van der Waals surface area contributed by atoms with Crippen LogP contribution in [0.2, 0.25) is 0 Å². The first-order valence-corrected chi connectivity index (χ1v) is 10.9. The number of benzene rings is 2. The summed E-state index contributed by atoms with van der Waals surface area (Å²) in [6.07, 6.45) is 3.60. The summed E-state index contributed by atoms with van der Waals surface area (Å²) in [5.41, 5.74) is 1.91. The molecule has 0 unspecified atom stereocenters. The third-order valence-corrected chi connectivity index (χ3v) is 7.06. The summed E-state index contributed by atoms with van der Waals surface area (Å²) in [5, 5.41) is 12.5. The van der Waals surface area contributed by atoms with E-state index < -0.39 is 0 Å². The van der Waals surface area contributed by atoms with E-state index in [0.717, 1.165) is 22.4 Å². The Morgan fingerprint density at radius 2 is 1.97 bits per heavy atom. The summed E-state index contributed by atoms with van der Waals surface area (Å²) in [6.45, 7) is 4.72. The number of hydrogen-bond acceptors (Lipinski definition) is 5. The summed E-state index contributed by atoms with van der Waals surface area (Å²) in [6, 6.07) is 18.7. The Balaban J connectivity index is 0.00000218. The summed E-state index contributed by atoms with van der Waals surface area (Å²) in [4.78, 5) is 9.44. The third-order valence-electron chi connectivity index (χ3n) is 5.73. The minimum absolute atomic E-state index is 0. The molecule has 1 saturated carbocycles. The van der Waals surface area contributed by atoms with Crippen LogP contribution in [0.4, 0.5) is 0 Å². The molecule has 4 nitrogen and oxygen atoms in total. The van der Waals surface area contributed by atoms with Crippen LogP contribution in [0, 0.1) is 11.5 Å². The Labute approximate surface area is 195 Å². The van der Waals surface area contributed by atoms with Gasteiger partial charge < -0.3 is 14.8 Å². The molecular weight excluding hydrogens is 575 g/mol. The zero-order chi connectivity index (χ0) is 20.0. The smallest absolute Gasteiger partial charge is 0.217 e. The first kappa shape index (κ1) is 21.4. The molecule has 1 N–H and O–H groups in total. The Hall–Kier alpha value is -1.84. The first-order valence-electron chi connectivity index (χ1n) is 10.0. The van der Waals surface area contributed by atoms with Crippen LogP contribution in [0.1, 0.15) is 38.7 Å². The second kappa shape index (κ2) is 8.36. The monoisotopic (exact) mass is 598 g/mol. The van der Waals surface area contributed by atoms with Crippen molar-refractivity contribution in [1.82, 2.24) is 4.98 Å². The number of aliphatic imine (C=N–C) groups is 1. The summed E-state index contributed by atoms with van der Waals surface area (Å²) >= 11 is 1.88. The van der Waals surface area contributed by atoms with Crippen molar-refractivity contribution in [3.8, 4) is 17.4 Å². The molecule has 6 heteroatoms. The number of hydrogen-bond donors (Lipinski definition) is 1. The largest absolute Gasteiger partial charge is 0.506 e. The molecule has 1 aromatic heterocycles. The molecule has 0 bridgehead atoms. The number of aromatic hydroxyl groups is 1. The molecule has 2 atom stereocenters. The normalized spacial score (nSPS) is 22.1. The number of pyridine rings is 1. The van der Waals surface area contributed by atoms with Crippen molar-refractivity contribution in [2.75, 3.05) is 0 Å². The molecule has 5 rings (SSSR count). The predicted molar refractivity (Wildman–Crippen MR) is 118 cm³/mol. The predicted octanol–water partition coefficient (Wildman–Crippen LogP) is 5.97. The van der Waals surface area contributed by atoms with Gasteiger partial charge in [0.1, 0.15) is 11.3 Å². The van der Waals surface area contributed by atoms with E-state index in [2.05, 4.69) is 24.9 Å². The minimum atomic E-state index is 0. The molecule has 3 aromatic rings. The van der Waals surface area contributed by atoms with E-state index in [0.29, 0.717) is 33.9 Å². The molecule has 2 heterocycles. The van der Waals surface area contributed by atoms with Crippen LogP contribution in [-0.2, 0) is 21.1 Å². The van der Waals surface area contributed by atoms with Gasteiger partial charge in [-0.05, 0) is 36.8 Å². The second-order valence-electron chi connectivity index (χ2n) is 8.59. The molecule has 158 valence electrons. The summed E-state index contributed by atoms with van der Waals surface area (Å²) in [5.74, 6) is 1.18. The van der Waals surface area contributed by atoms with E-state index in [1.54, 1.807) is 18.2 Å². The van der Waals surface area contributed by atoms with Gasteiger partial charge in [-0.2, -0.15) is 11.8 Å². The molecule has 2 aliphatic rings. The maximum Gasteiger partial charge on any atom is 0.217 e. The molecule has 0 spiro atoms. The summed E-state index contributed by atoms with van der Waals surface area (Å²) < 4.78 is 5.95. The molecule has 0 amide bonds. The number of rotatable bonds is 3.